The van der Waals surface area contributed by atoms with Gasteiger partial charge < -0.3 is 4.90 Å². The maximum Gasteiger partial charge on any atom is 0.271 e. The summed E-state index contributed by atoms with van der Waals surface area (Å²) in [5.41, 5.74) is 2.37. The average molecular weight is 398 g/mol. The number of carbonyl (C=O) groups excluding carboxylic acids is 1. The summed E-state index contributed by atoms with van der Waals surface area (Å²) in [4.78, 5) is 31.7. The van der Waals surface area contributed by atoms with E-state index < -0.39 is 0 Å². The van der Waals surface area contributed by atoms with Gasteiger partial charge >= 0.3 is 0 Å². The Hall–Kier alpha value is -2.70. The first-order valence-corrected chi connectivity index (χ1v) is 9.58. The standard InChI is InChI=1S/C20H16ClN3O2S/c1-13(25)15-3-2-4-17(10-15)23-11-22-20-24(12-23)19(26)18(27-20)9-14-5-7-16(21)8-6-14/h2-10H,11-12H2,1H3. The molecule has 0 saturated carbocycles. The molecule has 27 heavy (non-hydrogen) atoms. The first kappa shape index (κ1) is 17.7. The highest BCUT2D eigenvalue weighted by Crippen LogP contribution is 2.18. The number of hydrogen-bond donors (Lipinski definition) is 0. The summed E-state index contributed by atoms with van der Waals surface area (Å²) < 4.78 is 2.30. The van der Waals surface area contributed by atoms with Crippen molar-refractivity contribution in [3.8, 4) is 0 Å². The van der Waals surface area contributed by atoms with Gasteiger partial charge in [0.05, 0.1) is 4.53 Å². The second kappa shape index (κ2) is 7.13. The molecule has 1 aliphatic rings. The summed E-state index contributed by atoms with van der Waals surface area (Å²) in [6.07, 6.45) is 1.85. The molecule has 0 bridgehead atoms. The topological polar surface area (TPSA) is 54.7 Å². The maximum atomic E-state index is 12.8. The normalized spacial score (nSPS) is 14.0. The molecule has 0 aliphatic carbocycles. The number of nitrogens with zero attached hydrogens (tertiary/aromatic N) is 3. The quantitative estimate of drug-likeness (QED) is 0.638. The van der Waals surface area contributed by atoms with Crippen LogP contribution in [-0.4, -0.2) is 17.0 Å². The summed E-state index contributed by atoms with van der Waals surface area (Å²) in [6, 6.07) is 14.7. The van der Waals surface area contributed by atoms with Crippen LogP contribution < -0.4 is 19.8 Å². The molecule has 2 aromatic carbocycles. The number of carbonyl (C=O) groups is 1. The van der Waals surface area contributed by atoms with Gasteiger partial charge in [-0.1, -0.05) is 47.2 Å². The third kappa shape index (κ3) is 3.59. The van der Waals surface area contributed by atoms with Gasteiger partial charge in [-0.15, -0.1) is 0 Å². The van der Waals surface area contributed by atoms with Gasteiger partial charge in [0.1, 0.15) is 13.3 Å². The lowest BCUT2D eigenvalue weighted by Crippen LogP contribution is -2.42. The molecular weight excluding hydrogens is 382 g/mol. The number of fused-ring (bicyclic) bond motifs is 1. The first-order chi connectivity index (χ1) is 13.0. The molecule has 7 heteroatoms. The molecule has 1 aromatic heterocycles. The van der Waals surface area contributed by atoms with Gasteiger partial charge in [-0.05, 0) is 42.8 Å². The number of rotatable bonds is 3. The van der Waals surface area contributed by atoms with Crippen LogP contribution in [0.2, 0.25) is 5.02 Å². The van der Waals surface area contributed by atoms with Crippen molar-refractivity contribution in [1.29, 1.82) is 0 Å². The zero-order valence-corrected chi connectivity index (χ0v) is 16.1. The Morgan fingerprint density at radius 2 is 2.00 bits per heavy atom. The molecular formula is C20H16ClN3O2S. The van der Waals surface area contributed by atoms with Crippen LogP contribution in [0.15, 0.2) is 58.3 Å². The fraction of sp³-hybridized carbons (Fsp3) is 0.150. The number of hydrogen-bond acceptors (Lipinski definition) is 5. The van der Waals surface area contributed by atoms with Crippen LogP contribution in [0.3, 0.4) is 0 Å². The van der Waals surface area contributed by atoms with E-state index >= 15 is 0 Å². The maximum absolute atomic E-state index is 12.8. The Balaban J connectivity index is 1.69. The second-order valence-electron chi connectivity index (χ2n) is 6.27. The third-order valence-electron chi connectivity index (χ3n) is 4.36. The summed E-state index contributed by atoms with van der Waals surface area (Å²) in [6.45, 7) is 2.39. The number of Topliss-reactive ketones (excluding diaryl/α,β-unsaturated/α-hetero) is 1. The molecule has 2 heterocycles. The van der Waals surface area contributed by atoms with E-state index in [0.29, 0.717) is 33.3 Å². The SMILES string of the molecule is CC(=O)c1cccc(N2CN=c3sc(=Cc4ccc(Cl)cc4)c(=O)n3C2)c1. The second-order valence-corrected chi connectivity index (χ2v) is 7.71. The number of thiazole rings is 1. The lowest BCUT2D eigenvalue weighted by molar-refractivity contribution is 0.101. The Morgan fingerprint density at radius 1 is 1.22 bits per heavy atom. The lowest BCUT2D eigenvalue weighted by Gasteiger charge is -2.25. The molecule has 0 spiro atoms. The zero-order valence-electron chi connectivity index (χ0n) is 14.6. The van der Waals surface area contributed by atoms with Crippen LogP contribution >= 0.6 is 22.9 Å². The van der Waals surface area contributed by atoms with E-state index in [1.807, 2.05) is 41.3 Å². The van der Waals surface area contributed by atoms with Crippen LogP contribution in [-0.2, 0) is 6.67 Å². The van der Waals surface area contributed by atoms with E-state index in [-0.39, 0.29) is 11.3 Å². The van der Waals surface area contributed by atoms with Crippen molar-refractivity contribution >= 4 is 40.5 Å². The van der Waals surface area contributed by atoms with Crippen LogP contribution in [0.5, 0.6) is 0 Å². The lowest BCUT2D eigenvalue weighted by atomic mass is 10.1. The number of anilines is 1. The van der Waals surface area contributed by atoms with Crippen molar-refractivity contribution in [2.75, 3.05) is 11.6 Å². The summed E-state index contributed by atoms with van der Waals surface area (Å²) >= 11 is 7.30. The van der Waals surface area contributed by atoms with E-state index in [9.17, 15) is 9.59 Å². The Labute approximate surface area is 164 Å². The Morgan fingerprint density at radius 3 is 2.74 bits per heavy atom. The van der Waals surface area contributed by atoms with Crippen molar-refractivity contribution in [2.24, 2.45) is 4.99 Å². The highest BCUT2D eigenvalue weighted by Gasteiger charge is 2.16. The summed E-state index contributed by atoms with van der Waals surface area (Å²) in [7, 11) is 0. The Bertz CT molecular complexity index is 1200. The number of aromatic nitrogens is 1. The minimum Gasteiger partial charge on any atom is -0.334 e. The number of halogens is 1. The highest BCUT2D eigenvalue weighted by molar-refractivity contribution is 7.07. The van der Waals surface area contributed by atoms with Crippen molar-refractivity contribution in [3.63, 3.8) is 0 Å². The van der Waals surface area contributed by atoms with Crippen molar-refractivity contribution < 1.29 is 4.79 Å². The molecule has 0 fully saturated rings. The number of benzene rings is 2. The highest BCUT2D eigenvalue weighted by atomic mass is 35.5. The van der Waals surface area contributed by atoms with Crippen molar-refractivity contribution in [3.05, 3.63) is 84.4 Å². The largest absolute Gasteiger partial charge is 0.334 e. The minimum atomic E-state index is -0.0684. The van der Waals surface area contributed by atoms with E-state index in [4.69, 9.17) is 11.6 Å². The van der Waals surface area contributed by atoms with Gasteiger partial charge in [0, 0.05) is 16.3 Å². The zero-order chi connectivity index (χ0) is 19.0. The first-order valence-electron chi connectivity index (χ1n) is 8.38. The number of ketones is 1. The monoisotopic (exact) mass is 397 g/mol. The third-order valence-corrected chi connectivity index (χ3v) is 5.66. The molecule has 0 radical (unpaired) electrons. The minimum absolute atomic E-state index is 0.0130. The van der Waals surface area contributed by atoms with Gasteiger partial charge in [-0.2, -0.15) is 0 Å². The van der Waals surface area contributed by atoms with Gasteiger partial charge in [-0.3, -0.25) is 14.2 Å². The van der Waals surface area contributed by atoms with Crippen LogP contribution in [0, 0.1) is 0 Å². The van der Waals surface area contributed by atoms with E-state index in [2.05, 4.69) is 4.99 Å². The van der Waals surface area contributed by atoms with Gasteiger partial charge in [0.25, 0.3) is 5.56 Å². The Kier molecular flexibility index (Phi) is 4.68. The fourth-order valence-corrected chi connectivity index (χ4v) is 4.00. The molecule has 136 valence electrons. The molecule has 0 saturated heterocycles. The van der Waals surface area contributed by atoms with Crippen LogP contribution in [0.4, 0.5) is 5.69 Å². The predicted molar refractivity (Wildman–Crippen MR) is 108 cm³/mol. The molecule has 0 amide bonds. The van der Waals surface area contributed by atoms with E-state index in [1.165, 1.54) is 11.3 Å². The molecule has 1 aliphatic heterocycles. The van der Waals surface area contributed by atoms with Gasteiger partial charge in [0.15, 0.2) is 10.6 Å². The fourth-order valence-electron chi connectivity index (χ4n) is 2.91. The van der Waals surface area contributed by atoms with Crippen molar-refractivity contribution in [2.45, 2.75) is 13.6 Å². The molecule has 0 atom stereocenters. The molecule has 3 aromatic rings. The predicted octanol–water partition coefficient (Wildman–Crippen LogP) is 2.65. The summed E-state index contributed by atoms with van der Waals surface area (Å²) in [5, 5.41) is 0.660. The van der Waals surface area contributed by atoms with E-state index in [1.54, 1.807) is 29.7 Å². The van der Waals surface area contributed by atoms with Crippen LogP contribution in [0.1, 0.15) is 22.8 Å². The van der Waals surface area contributed by atoms with Gasteiger partial charge in [-0.25, -0.2) is 4.99 Å². The molecule has 0 unspecified atom stereocenters. The van der Waals surface area contributed by atoms with Crippen molar-refractivity contribution in [1.82, 2.24) is 4.57 Å². The van der Waals surface area contributed by atoms with Crippen LogP contribution in [0.25, 0.3) is 6.08 Å². The average Bonchev–Trinajstić information content (AvgIpc) is 2.99. The van der Waals surface area contributed by atoms with E-state index in [0.717, 1.165) is 11.3 Å². The summed E-state index contributed by atoms with van der Waals surface area (Å²) in [5.74, 6) is 0.0130. The van der Waals surface area contributed by atoms with Gasteiger partial charge in [0.2, 0.25) is 0 Å². The smallest absolute Gasteiger partial charge is 0.271 e. The molecule has 4 rings (SSSR count). The molecule has 0 N–H and O–H groups in total. The molecule has 5 nitrogen and oxygen atoms in total.